The zero-order valence-electron chi connectivity index (χ0n) is 11.8. The molecule has 1 atom stereocenters. The second-order valence-electron chi connectivity index (χ2n) is 5.09. The first kappa shape index (κ1) is 14.7. The fourth-order valence-corrected chi connectivity index (χ4v) is 3.38. The molecule has 0 aromatic heterocycles. The van der Waals surface area contributed by atoms with Crippen LogP contribution in [0, 0.1) is 0 Å². The summed E-state index contributed by atoms with van der Waals surface area (Å²) in [6.45, 7) is 3.67. The highest BCUT2D eigenvalue weighted by molar-refractivity contribution is 6.36. The van der Waals surface area contributed by atoms with E-state index in [1.54, 1.807) is 0 Å². The Morgan fingerprint density at radius 2 is 1.95 bits per heavy atom. The van der Waals surface area contributed by atoms with Crippen LogP contribution in [-0.4, -0.2) is 13.2 Å². The van der Waals surface area contributed by atoms with E-state index in [-0.39, 0.29) is 6.04 Å². The van der Waals surface area contributed by atoms with Crippen molar-refractivity contribution >= 4 is 23.2 Å². The van der Waals surface area contributed by atoms with E-state index in [0.717, 1.165) is 36.4 Å². The molecule has 2 nitrogen and oxygen atoms in total. The van der Waals surface area contributed by atoms with Gasteiger partial charge in [-0.3, -0.25) is 0 Å². The number of hydrogen-bond acceptors (Lipinski definition) is 2. The normalized spacial score (nSPS) is 14.6. The maximum atomic E-state index is 6.38. The molecule has 1 N–H and O–H groups in total. The molecule has 21 heavy (non-hydrogen) atoms. The number of ether oxygens (including phenoxy) is 1. The molecule has 0 fully saturated rings. The van der Waals surface area contributed by atoms with Crippen LogP contribution in [-0.2, 0) is 6.42 Å². The van der Waals surface area contributed by atoms with Gasteiger partial charge in [-0.1, -0.05) is 48.3 Å². The highest BCUT2D eigenvalue weighted by atomic mass is 35.5. The zero-order valence-corrected chi connectivity index (χ0v) is 13.3. The van der Waals surface area contributed by atoms with E-state index < -0.39 is 0 Å². The van der Waals surface area contributed by atoms with E-state index >= 15 is 0 Å². The van der Waals surface area contributed by atoms with Gasteiger partial charge >= 0.3 is 0 Å². The van der Waals surface area contributed by atoms with Crippen LogP contribution in [0.2, 0.25) is 10.0 Å². The van der Waals surface area contributed by atoms with Gasteiger partial charge in [-0.15, -0.1) is 0 Å². The molecule has 2 aromatic carbocycles. The van der Waals surface area contributed by atoms with E-state index in [1.807, 2.05) is 24.3 Å². The van der Waals surface area contributed by atoms with Crippen molar-refractivity contribution in [2.24, 2.45) is 0 Å². The maximum absolute atomic E-state index is 6.38. The monoisotopic (exact) mass is 321 g/mol. The Balaban J connectivity index is 2.06. The number of benzene rings is 2. The maximum Gasteiger partial charge on any atom is 0.122 e. The van der Waals surface area contributed by atoms with E-state index in [0.29, 0.717) is 10.0 Å². The Morgan fingerprint density at radius 3 is 2.67 bits per heavy atom. The van der Waals surface area contributed by atoms with Gasteiger partial charge < -0.3 is 10.1 Å². The van der Waals surface area contributed by atoms with Crippen molar-refractivity contribution in [1.82, 2.24) is 5.32 Å². The van der Waals surface area contributed by atoms with E-state index in [4.69, 9.17) is 27.9 Å². The third kappa shape index (κ3) is 2.89. The molecule has 2 aromatic rings. The van der Waals surface area contributed by atoms with Gasteiger partial charge in [0.2, 0.25) is 0 Å². The molecule has 0 bridgehead atoms. The van der Waals surface area contributed by atoms with Crippen molar-refractivity contribution in [2.75, 3.05) is 13.2 Å². The number of hydrogen-bond donors (Lipinski definition) is 1. The minimum Gasteiger partial charge on any atom is -0.493 e. The summed E-state index contributed by atoms with van der Waals surface area (Å²) in [5.41, 5.74) is 3.34. The third-order valence-corrected chi connectivity index (χ3v) is 4.40. The third-order valence-electron chi connectivity index (χ3n) is 3.74. The summed E-state index contributed by atoms with van der Waals surface area (Å²) >= 11 is 12.8. The summed E-state index contributed by atoms with van der Waals surface area (Å²) in [7, 11) is 0. The second-order valence-corrected chi connectivity index (χ2v) is 5.91. The molecular formula is C17H17Cl2NO. The smallest absolute Gasteiger partial charge is 0.122 e. The topological polar surface area (TPSA) is 21.3 Å². The molecule has 0 aliphatic carbocycles. The summed E-state index contributed by atoms with van der Waals surface area (Å²) in [6.07, 6.45) is 0.957. The van der Waals surface area contributed by atoms with Crippen LogP contribution in [0.15, 0.2) is 36.4 Å². The first-order chi connectivity index (χ1) is 10.2. The molecule has 0 saturated carbocycles. The van der Waals surface area contributed by atoms with Crippen LogP contribution in [0.4, 0.5) is 0 Å². The average molecular weight is 322 g/mol. The van der Waals surface area contributed by atoms with Crippen molar-refractivity contribution in [1.29, 1.82) is 0 Å². The number of fused-ring (bicyclic) bond motifs is 1. The van der Waals surface area contributed by atoms with E-state index in [9.17, 15) is 0 Å². The Kier molecular flexibility index (Phi) is 4.39. The number of rotatable bonds is 4. The molecule has 4 heteroatoms. The Labute approximate surface area is 135 Å². The van der Waals surface area contributed by atoms with Crippen molar-refractivity contribution < 1.29 is 4.74 Å². The standard InChI is InChI=1S/C17H17Cl2NO/c1-2-20-17(16-13(18)4-3-5-14(16)19)12-6-7-15-11(10-12)8-9-21-15/h3-7,10,17,20H,2,8-9H2,1H3. The molecular weight excluding hydrogens is 305 g/mol. The summed E-state index contributed by atoms with van der Waals surface area (Å²) in [5.74, 6) is 0.985. The van der Waals surface area contributed by atoms with E-state index in [2.05, 4.69) is 24.4 Å². The van der Waals surface area contributed by atoms with Gasteiger partial charge in [0.15, 0.2) is 0 Å². The molecule has 3 rings (SSSR count). The van der Waals surface area contributed by atoms with Gasteiger partial charge in [-0.2, -0.15) is 0 Å². The molecule has 0 amide bonds. The van der Waals surface area contributed by atoms with Crippen LogP contribution >= 0.6 is 23.2 Å². The molecule has 1 heterocycles. The first-order valence-electron chi connectivity index (χ1n) is 7.13. The lowest BCUT2D eigenvalue weighted by Gasteiger charge is -2.22. The van der Waals surface area contributed by atoms with Gasteiger partial charge in [0.05, 0.1) is 12.6 Å². The van der Waals surface area contributed by atoms with Crippen molar-refractivity contribution in [3.63, 3.8) is 0 Å². The van der Waals surface area contributed by atoms with Crippen LogP contribution in [0.25, 0.3) is 0 Å². The summed E-state index contributed by atoms with van der Waals surface area (Å²) in [6, 6.07) is 11.9. The first-order valence-corrected chi connectivity index (χ1v) is 7.89. The highest BCUT2D eigenvalue weighted by Gasteiger charge is 2.21. The Bertz CT molecular complexity index is 637. The summed E-state index contributed by atoms with van der Waals surface area (Å²) in [4.78, 5) is 0. The molecule has 0 saturated heterocycles. The predicted molar refractivity (Wildman–Crippen MR) is 87.6 cm³/mol. The molecule has 110 valence electrons. The van der Waals surface area contributed by atoms with E-state index in [1.165, 1.54) is 5.56 Å². The highest BCUT2D eigenvalue weighted by Crippen LogP contribution is 2.36. The van der Waals surface area contributed by atoms with Crippen molar-refractivity contribution in [3.05, 3.63) is 63.1 Å². The minimum atomic E-state index is -0.0119. The number of halogens is 2. The molecule has 0 radical (unpaired) electrons. The van der Waals surface area contributed by atoms with Crippen LogP contribution in [0.5, 0.6) is 5.75 Å². The van der Waals surface area contributed by atoms with Crippen LogP contribution in [0.3, 0.4) is 0 Å². The Hall–Kier alpha value is -1.22. The van der Waals surface area contributed by atoms with Gasteiger partial charge in [0.25, 0.3) is 0 Å². The summed E-state index contributed by atoms with van der Waals surface area (Å²) < 4.78 is 5.57. The fourth-order valence-electron chi connectivity index (χ4n) is 2.76. The lowest BCUT2D eigenvalue weighted by atomic mass is 9.96. The lowest BCUT2D eigenvalue weighted by molar-refractivity contribution is 0.357. The van der Waals surface area contributed by atoms with Crippen LogP contribution in [0.1, 0.15) is 29.7 Å². The molecule has 1 aliphatic rings. The van der Waals surface area contributed by atoms with Crippen LogP contribution < -0.4 is 10.1 Å². The minimum absolute atomic E-state index is 0.0119. The Morgan fingerprint density at radius 1 is 1.19 bits per heavy atom. The van der Waals surface area contributed by atoms with Gasteiger partial charge in [0, 0.05) is 22.0 Å². The van der Waals surface area contributed by atoms with Crippen molar-refractivity contribution in [2.45, 2.75) is 19.4 Å². The predicted octanol–water partition coefficient (Wildman–Crippen LogP) is 4.63. The molecule has 0 spiro atoms. The number of nitrogens with one attached hydrogen (secondary N) is 1. The second kappa shape index (κ2) is 6.27. The zero-order chi connectivity index (χ0) is 14.8. The molecule has 1 aliphatic heterocycles. The van der Waals surface area contributed by atoms with Crippen molar-refractivity contribution in [3.8, 4) is 5.75 Å². The largest absolute Gasteiger partial charge is 0.493 e. The quantitative estimate of drug-likeness (QED) is 0.886. The average Bonchev–Trinajstić information content (AvgIpc) is 2.93. The lowest BCUT2D eigenvalue weighted by Crippen LogP contribution is -2.22. The van der Waals surface area contributed by atoms with Gasteiger partial charge in [0.1, 0.15) is 5.75 Å². The summed E-state index contributed by atoms with van der Waals surface area (Å²) in [5, 5.41) is 4.85. The fraction of sp³-hybridized carbons (Fsp3) is 0.294. The van der Waals surface area contributed by atoms with Gasteiger partial charge in [-0.05, 0) is 35.9 Å². The SMILES string of the molecule is CCNC(c1ccc2c(c1)CCO2)c1c(Cl)cccc1Cl. The molecule has 1 unspecified atom stereocenters. The van der Waals surface area contributed by atoms with Gasteiger partial charge in [-0.25, -0.2) is 0 Å².